The normalized spacial score (nSPS) is 41.6. The Labute approximate surface area is 64.8 Å². The quantitative estimate of drug-likeness (QED) is 0.607. The summed E-state index contributed by atoms with van der Waals surface area (Å²) in [7, 11) is -0.585. The maximum absolute atomic E-state index is 11.4. The lowest BCUT2D eigenvalue weighted by Crippen LogP contribution is -2.45. The molecule has 1 saturated heterocycles. The van der Waals surface area contributed by atoms with Crippen molar-refractivity contribution < 1.29 is 4.21 Å². The first-order valence-corrected chi connectivity index (χ1v) is 5.13. The number of hydrogen-bond donors (Lipinski definition) is 1. The van der Waals surface area contributed by atoms with Crippen LogP contribution in [0.4, 0.5) is 0 Å². The molecule has 0 bridgehead atoms. The Morgan fingerprint density at radius 1 is 1.60 bits per heavy atom. The van der Waals surface area contributed by atoms with Gasteiger partial charge in [-0.15, -0.1) is 0 Å². The Bertz CT molecular complexity index is 138. The minimum atomic E-state index is -0.585. The maximum atomic E-state index is 11.4. The van der Waals surface area contributed by atoms with E-state index >= 15 is 0 Å². The number of hydrogen-bond acceptors (Lipinski definition) is 2. The molecule has 0 aliphatic carbocycles. The topological polar surface area (TPSA) is 29.1 Å². The van der Waals surface area contributed by atoms with Crippen LogP contribution in [-0.2, 0) is 10.8 Å². The summed E-state index contributed by atoms with van der Waals surface area (Å²) in [5, 5.41) is 4.01. The van der Waals surface area contributed by atoms with Crippen molar-refractivity contribution >= 4 is 10.8 Å². The van der Waals surface area contributed by atoms with E-state index in [0.717, 1.165) is 19.5 Å². The van der Waals surface area contributed by atoms with Crippen LogP contribution < -0.4 is 5.32 Å². The zero-order valence-electron chi connectivity index (χ0n) is 6.59. The molecule has 0 saturated carbocycles. The van der Waals surface area contributed by atoms with Gasteiger partial charge in [0.2, 0.25) is 0 Å². The van der Waals surface area contributed by atoms with Gasteiger partial charge in [-0.3, -0.25) is 4.21 Å². The summed E-state index contributed by atoms with van der Waals surface area (Å²) in [5.41, 5.74) is 0. The molecule has 1 N–H and O–H groups in total. The van der Waals surface area contributed by atoms with E-state index in [1.54, 1.807) is 0 Å². The van der Waals surface area contributed by atoms with Crippen molar-refractivity contribution in [3.05, 3.63) is 0 Å². The molecule has 0 aromatic heterocycles. The molecule has 0 radical (unpaired) electrons. The van der Waals surface area contributed by atoms with Crippen LogP contribution in [0, 0.1) is 0 Å². The molecule has 0 amide bonds. The van der Waals surface area contributed by atoms with E-state index in [-0.39, 0.29) is 0 Å². The van der Waals surface area contributed by atoms with Crippen LogP contribution in [0.2, 0.25) is 0 Å². The SMILES string of the molecule is CCC1CNCC(C)S1=O. The Hall–Kier alpha value is 0.110. The van der Waals surface area contributed by atoms with Gasteiger partial charge in [-0.25, -0.2) is 0 Å². The molecule has 0 aromatic rings. The highest BCUT2D eigenvalue weighted by Gasteiger charge is 2.24. The van der Waals surface area contributed by atoms with E-state index < -0.39 is 10.8 Å². The molecule has 2 nitrogen and oxygen atoms in total. The lowest BCUT2D eigenvalue weighted by atomic mass is 10.3. The second kappa shape index (κ2) is 3.49. The summed E-state index contributed by atoms with van der Waals surface area (Å²) in [5.74, 6) is 0. The standard InChI is InChI=1S/C7H15NOS/c1-3-7-5-8-4-6(2)10(7)9/h6-8H,3-5H2,1-2H3. The van der Waals surface area contributed by atoms with Crippen LogP contribution in [-0.4, -0.2) is 27.8 Å². The Kier molecular flexibility index (Phi) is 2.86. The Morgan fingerprint density at radius 2 is 2.30 bits per heavy atom. The first-order valence-electron chi connectivity index (χ1n) is 3.85. The third-order valence-electron chi connectivity index (χ3n) is 1.98. The van der Waals surface area contributed by atoms with Crippen molar-refractivity contribution in [1.82, 2.24) is 5.32 Å². The van der Waals surface area contributed by atoms with Gasteiger partial charge >= 0.3 is 0 Å². The summed E-state index contributed by atoms with van der Waals surface area (Å²) < 4.78 is 11.4. The molecule has 1 heterocycles. The summed E-state index contributed by atoms with van der Waals surface area (Å²) >= 11 is 0. The minimum Gasteiger partial charge on any atom is -0.314 e. The van der Waals surface area contributed by atoms with Gasteiger partial charge in [0, 0.05) is 34.4 Å². The van der Waals surface area contributed by atoms with Crippen LogP contribution in [0.3, 0.4) is 0 Å². The fraction of sp³-hybridized carbons (Fsp3) is 1.00. The van der Waals surface area contributed by atoms with E-state index in [1.807, 2.05) is 6.92 Å². The summed E-state index contributed by atoms with van der Waals surface area (Å²) in [6.07, 6.45) is 1.03. The number of nitrogens with one attached hydrogen (secondary N) is 1. The largest absolute Gasteiger partial charge is 0.314 e. The lowest BCUT2D eigenvalue weighted by Gasteiger charge is -2.26. The zero-order valence-corrected chi connectivity index (χ0v) is 7.41. The third-order valence-corrected chi connectivity index (χ3v) is 4.10. The molecule has 1 aliphatic rings. The predicted octanol–water partition coefficient (Wildman–Crippen LogP) is 0.505. The number of rotatable bonds is 1. The van der Waals surface area contributed by atoms with E-state index in [1.165, 1.54) is 0 Å². The van der Waals surface area contributed by atoms with Gasteiger partial charge in [0.05, 0.1) is 0 Å². The summed E-state index contributed by atoms with van der Waals surface area (Å²) in [6, 6.07) is 0. The van der Waals surface area contributed by atoms with Crippen molar-refractivity contribution in [2.75, 3.05) is 13.1 Å². The molecule has 60 valence electrons. The smallest absolute Gasteiger partial charge is 0.0473 e. The van der Waals surface area contributed by atoms with Gasteiger partial charge in [-0.05, 0) is 13.3 Å². The van der Waals surface area contributed by atoms with E-state index in [2.05, 4.69) is 12.2 Å². The average Bonchev–Trinajstić information content (AvgIpc) is 1.95. The predicted molar refractivity (Wildman–Crippen MR) is 44.6 cm³/mol. The summed E-state index contributed by atoms with van der Waals surface area (Å²) in [6.45, 7) is 6.00. The molecular weight excluding hydrogens is 146 g/mol. The lowest BCUT2D eigenvalue weighted by molar-refractivity contribution is 0.574. The molecule has 0 aromatic carbocycles. The molecule has 1 fully saturated rings. The molecule has 0 spiro atoms. The highest BCUT2D eigenvalue weighted by molar-refractivity contribution is 7.86. The van der Waals surface area contributed by atoms with E-state index in [0.29, 0.717) is 10.5 Å². The second-order valence-corrected chi connectivity index (χ2v) is 4.96. The van der Waals surface area contributed by atoms with Crippen molar-refractivity contribution in [3.63, 3.8) is 0 Å². The maximum Gasteiger partial charge on any atom is 0.0473 e. The van der Waals surface area contributed by atoms with Crippen LogP contribution >= 0.6 is 0 Å². The van der Waals surface area contributed by atoms with Crippen molar-refractivity contribution in [2.45, 2.75) is 30.8 Å². The molecule has 3 heteroatoms. The van der Waals surface area contributed by atoms with Gasteiger partial charge in [-0.2, -0.15) is 0 Å². The molecule has 3 unspecified atom stereocenters. The van der Waals surface area contributed by atoms with Crippen molar-refractivity contribution in [3.8, 4) is 0 Å². The van der Waals surface area contributed by atoms with Crippen LogP contribution in [0.5, 0.6) is 0 Å². The van der Waals surface area contributed by atoms with E-state index in [4.69, 9.17) is 0 Å². The molecule has 1 rings (SSSR count). The second-order valence-electron chi connectivity index (χ2n) is 2.83. The highest BCUT2D eigenvalue weighted by atomic mass is 32.2. The third kappa shape index (κ3) is 1.58. The Morgan fingerprint density at radius 3 is 2.80 bits per heavy atom. The molecule has 3 atom stereocenters. The fourth-order valence-electron chi connectivity index (χ4n) is 1.25. The van der Waals surface area contributed by atoms with Gasteiger partial charge in [0.25, 0.3) is 0 Å². The van der Waals surface area contributed by atoms with Gasteiger partial charge in [0.15, 0.2) is 0 Å². The van der Waals surface area contributed by atoms with E-state index in [9.17, 15) is 4.21 Å². The fourth-order valence-corrected chi connectivity index (χ4v) is 2.80. The van der Waals surface area contributed by atoms with Gasteiger partial charge < -0.3 is 5.32 Å². The van der Waals surface area contributed by atoms with Crippen LogP contribution in [0.25, 0.3) is 0 Å². The molecular formula is C7H15NOS. The Balaban J connectivity index is 2.51. The summed E-state index contributed by atoms with van der Waals surface area (Å²) in [4.78, 5) is 0. The highest BCUT2D eigenvalue weighted by Crippen LogP contribution is 2.10. The van der Waals surface area contributed by atoms with Gasteiger partial charge in [-0.1, -0.05) is 6.92 Å². The average molecular weight is 161 g/mol. The first kappa shape index (κ1) is 8.21. The van der Waals surface area contributed by atoms with Crippen molar-refractivity contribution in [2.24, 2.45) is 0 Å². The molecule has 10 heavy (non-hydrogen) atoms. The van der Waals surface area contributed by atoms with Crippen LogP contribution in [0.15, 0.2) is 0 Å². The monoisotopic (exact) mass is 161 g/mol. The zero-order chi connectivity index (χ0) is 7.56. The van der Waals surface area contributed by atoms with Gasteiger partial charge in [0.1, 0.15) is 0 Å². The first-order chi connectivity index (χ1) is 4.75. The van der Waals surface area contributed by atoms with Crippen molar-refractivity contribution in [1.29, 1.82) is 0 Å². The molecule has 1 aliphatic heterocycles. The minimum absolute atomic E-state index is 0.346. The van der Waals surface area contributed by atoms with Crippen LogP contribution in [0.1, 0.15) is 20.3 Å².